The number of hydrogen-bond donors (Lipinski definition) is 0. The molecule has 0 aliphatic heterocycles. The predicted octanol–water partition coefficient (Wildman–Crippen LogP) is 5.01. The van der Waals surface area contributed by atoms with E-state index in [2.05, 4.69) is 48.7 Å². The van der Waals surface area contributed by atoms with Crippen LogP contribution in [-0.4, -0.2) is 0 Å². The van der Waals surface area contributed by atoms with Crippen molar-refractivity contribution in [3.05, 3.63) is 57.8 Å². The molecule has 2 rings (SSSR count). The van der Waals surface area contributed by atoms with Crippen molar-refractivity contribution in [2.24, 2.45) is 0 Å². The minimum atomic E-state index is 1.23. The summed E-state index contributed by atoms with van der Waals surface area (Å²) in [5.41, 5.74) is 2.83. The van der Waals surface area contributed by atoms with E-state index in [4.69, 9.17) is 0 Å². The summed E-state index contributed by atoms with van der Waals surface area (Å²) in [5, 5.41) is 2.17. The van der Waals surface area contributed by atoms with Crippen molar-refractivity contribution in [3.8, 4) is 0 Å². The van der Waals surface area contributed by atoms with Gasteiger partial charge in [-0.2, -0.15) is 0 Å². The molecule has 0 aliphatic carbocycles. The van der Waals surface area contributed by atoms with Crippen molar-refractivity contribution in [1.29, 1.82) is 0 Å². The minimum absolute atomic E-state index is 1.23. The van der Waals surface area contributed by atoms with Crippen molar-refractivity contribution in [2.45, 2.75) is 39.0 Å². The Kier molecular flexibility index (Phi) is 4.81. The number of unbranched alkanes of at least 4 members (excludes halogenated alkanes) is 2. The first-order chi connectivity index (χ1) is 8.34. The van der Waals surface area contributed by atoms with Crippen LogP contribution in [0.2, 0.25) is 0 Å². The molecule has 0 nitrogen and oxygen atoms in total. The highest BCUT2D eigenvalue weighted by molar-refractivity contribution is 7.09. The van der Waals surface area contributed by atoms with Crippen LogP contribution in [0.5, 0.6) is 0 Å². The zero-order valence-electron chi connectivity index (χ0n) is 10.5. The fourth-order valence-electron chi connectivity index (χ4n) is 2.01. The lowest BCUT2D eigenvalue weighted by Crippen LogP contribution is -1.87. The monoisotopic (exact) mass is 244 g/mol. The maximum atomic E-state index is 2.26. The first kappa shape index (κ1) is 12.4. The number of rotatable bonds is 6. The van der Waals surface area contributed by atoms with Crippen LogP contribution >= 0.6 is 11.3 Å². The Balaban J connectivity index is 1.61. The van der Waals surface area contributed by atoms with Gasteiger partial charge in [-0.05, 0) is 49.6 Å². The molecule has 0 aliphatic rings. The van der Waals surface area contributed by atoms with Gasteiger partial charge in [0.2, 0.25) is 0 Å². The van der Waals surface area contributed by atoms with Gasteiger partial charge in [-0.25, -0.2) is 0 Å². The second-order valence-corrected chi connectivity index (χ2v) is 5.66. The van der Waals surface area contributed by atoms with Crippen molar-refractivity contribution in [1.82, 2.24) is 0 Å². The molecule has 1 aromatic carbocycles. The van der Waals surface area contributed by atoms with Gasteiger partial charge in [0.05, 0.1) is 0 Å². The normalized spacial score (nSPS) is 10.6. The molecule has 1 aromatic heterocycles. The third-order valence-corrected chi connectivity index (χ3v) is 4.03. The topological polar surface area (TPSA) is 0 Å². The van der Waals surface area contributed by atoms with Crippen molar-refractivity contribution in [2.75, 3.05) is 0 Å². The van der Waals surface area contributed by atoms with E-state index in [-0.39, 0.29) is 0 Å². The quantitative estimate of drug-likeness (QED) is 0.626. The van der Waals surface area contributed by atoms with Gasteiger partial charge in [0.25, 0.3) is 0 Å². The van der Waals surface area contributed by atoms with E-state index in [1.807, 2.05) is 11.3 Å². The Morgan fingerprint density at radius 1 is 0.882 bits per heavy atom. The van der Waals surface area contributed by atoms with Gasteiger partial charge in [-0.1, -0.05) is 42.3 Å². The van der Waals surface area contributed by atoms with Crippen molar-refractivity contribution >= 4 is 11.3 Å². The van der Waals surface area contributed by atoms with Gasteiger partial charge in [0, 0.05) is 4.88 Å². The molecule has 90 valence electrons. The van der Waals surface area contributed by atoms with E-state index in [9.17, 15) is 0 Å². The highest BCUT2D eigenvalue weighted by atomic mass is 32.1. The third-order valence-electron chi connectivity index (χ3n) is 3.09. The Morgan fingerprint density at radius 2 is 1.65 bits per heavy atom. The van der Waals surface area contributed by atoms with Crippen LogP contribution in [-0.2, 0) is 12.8 Å². The summed E-state index contributed by atoms with van der Waals surface area (Å²) in [5.74, 6) is 0. The summed E-state index contributed by atoms with van der Waals surface area (Å²) >= 11 is 1.88. The number of aryl methyl sites for hydroxylation is 3. The number of hydrogen-bond acceptors (Lipinski definition) is 1. The summed E-state index contributed by atoms with van der Waals surface area (Å²) in [6.07, 6.45) is 6.46. The first-order valence-electron chi connectivity index (χ1n) is 6.42. The van der Waals surface area contributed by atoms with Gasteiger partial charge in [-0.15, -0.1) is 11.3 Å². The van der Waals surface area contributed by atoms with Gasteiger partial charge < -0.3 is 0 Å². The lowest BCUT2D eigenvalue weighted by atomic mass is 10.0. The summed E-state index contributed by atoms with van der Waals surface area (Å²) in [6, 6.07) is 13.3. The van der Waals surface area contributed by atoms with E-state index in [0.29, 0.717) is 0 Å². The fourth-order valence-corrected chi connectivity index (χ4v) is 2.77. The molecule has 0 fully saturated rings. The average molecular weight is 244 g/mol. The third kappa shape index (κ3) is 4.35. The fraction of sp³-hybridized carbons (Fsp3) is 0.375. The Bertz CT molecular complexity index is 411. The molecule has 0 saturated carbocycles. The van der Waals surface area contributed by atoms with Crippen LogP contribution in [0.25, 0.3) is 0 Å². The molecule has 0 radical (unpaired) electrons. The minimum Gasteiger partial charge on any atom is -0.149 e. The number of benzene rings is 1. The van der Waals surface area contributed by atoms with E-state index in [1.54, 1.807) is 0 Å². The molecule has 17 heavy (non-hydrogen) atoms. The maximum absolute atomic E-state index is 2.26. The molecule has 0 saturated heterocycles. The largest absolute Gasteiger partial charge is 0.149 e. The molecule has 0 bridgehead atoms. The summed E-state index contributed by atoms with van der Waals surface area (Å²) < 4.78 is 0. The second kappa shape index (κ2) is 6.61. The number of thiophene rings is 1. The molecule has 2 aromatic rings. The lowest BCUT2D eigenvalue weighted by molar-refractivity contribution is 0.682. The zero-order chi connectivity index (χ0) is 11.9. The Labute approximate surface area is 108 Å². The molecule has 0 N–H and O–H groups in total. The van der Waals surface area contributed by atoms with E-state index in [0.717, 1.165) is 0 Å². The zero-order valence-corrected chi connectivity index (χ0v) is 11.3. The van der Waals surface area contributed by atoms with Crippen LogP contribution in [0.1, 0.15) is 35.3 Å². The van der Waals surface area contributed by atoms with Crippen LogP contribution < -0.4 is 0 Å². The molecular weight excluding hydrogens is 224 g/mol. The van der Waals surface area contributed by atoms with Gasteiger partial charge in [-0.3, -0.25) is 0 Å². The van der Waals surface area contributed by atoms with Crippen LogP contribution in [0.4, 0.5) is 0 Å². The van der Waals surface area contributed by atoms with Crippen LogP contribution in [0, 0.1) is 6.92 Å². The predicted molar refractivity (Wildman–Crippen MR) is 76.8 cm³/mol. The molecule has 0 amide bonds. The first-order valence-corrected chi connectivity index (χ1v) is 7.30. The van der Waals surface area contributed by atoms with Gasteiger partial charge >= 0.3 is 0 Å². The Morgan fingerprint density at radius 3 is 2.35 bits per heavy atom. The van der Waals surface area contributed by atoms with Crippen molar-refractivity contribution < 1.29 is 0 Å². The second-order valence-electron chi connectivity index (χ2n) is 4.63. The lowest BCUT2D eigenvalue weighted by Gasteiger charge is -2.02. The van der Waals surface area contributed by atoms with Gasteiger partial charge in [0.15, 0.2) is 0 Å². The van der Waals surface area contributed by atoms with E-state index < -0.39 is 0 Å². The average Bonchev–Trinajstić information content (AvgIpc) is 2.84. The molecule has 1 heterocycles. The molecule has 1 heteroatoms. The Hall–Kier alpha value is -1.08. The SMILES string of the molecule is Cc1ccc(CCCCCc2cccs2)cc1. The standard InChI is InChI=1S/C16H20S/c1-14-9-11-15(12-10-14)6-3-2-4-7-16-8-5-13-17-16/h5,8-13H,2-4,6-7H2,1H3. The summed E-state index contributed by atoms with van der Waals surface area (Å²) in [4.78, 5) is 1.53. The molecular formula is C16H20S. The smallest absolute Gasteiger partial charge is 0.00452 e. The van der Waals surface area contributed by atoms with Crippen molar-refractivity contribution in [3.63, 3.8) is 0 Å². The van der Waals surface area contributed by atoms with E-state index in [1.165, 1.54) is 48.1 Å². The maximum Gasteiger partial charge on any atom is 0.00452 e. The molecule has 0 atom stereocenters. The van der Waals surface area contributed by atoms with Gasteiger partial charge in [0.1, 0.15) is 0 Å². The van der Waals surface area contributed by atoms with E-state index >= 15 is 0 Å². The van der Waals surface area contributed by atoms with Crippen LogP contribution in [0.3, 0.4) is 0 Å². The van der Waals surface area contributed by atoms with Crippen LogP contribution in [0.15, 0.2) is 41.8 Å². The molecule has 0 spiro atoms. The summed E-state index contributed by atoms with van der Waals surface area (Å²) in [6.45, 7) is 2.14. The highest BCUT2D eigenvalue weighted by Crippen LogP contribution is 2.14. The molecule has 0 unspecified atom stereocenters. The highest BCUT2D eigenvalue weighted by Gasteiger charge is 1.96. The summed E-state index contributed by atoms with van der Waals surface area (Å²) in [7, 11) is 0.